The fraction of sp³-hybridized carbons (Fsp3) is 1.00. The van der Waals surface area contributed by atoms with Crippen LogP contribution in [0.3, 0.4) is 0 Å². The zero-order chi connectivity index (χ0) is 13.7. The van der Waals surface area contributed by atoms with Gasteiger partial charge in [-0.25, -0.2) is 0 Å². The van der Waals surface area contributed by atoms with Gasteiger partial charge in [0, 0.05) is 37.8 Å². The Bertz CT molecular complexity index is 264. The summed E-state index contributed by atoms with van der Waals surface area (Å²) in [5.74, 6) is 0. The van der Waals surface area contributed by atoms with E-state index in [9.17, 15) is 0 Å². The molecule has 2 fully saturated rings. The SMILES string of the molecule is CC1CNC2(CCCC2)CN1CCOCCN(C)C. The maximum Gasteiger partial charge on any atom is 0.0594 e. The van der Waals surface area contributed by atoms with Crippen LogP contribution in [0.15, 0.2) is 0 Å². The number of likely N-dealkylation sites (N-methyl/N-ethyl adjacent to an activating group) is 1. The molecule has 1 N–H and O–H groups in total. The quantitative estimate of drug-likeness (QED) is 0.733. The average molecular weight is 269 g/mol. The van der Waals surface area contributed by atoms with Crippen LogP contribution in [0.5, 0.6) is 0 Å². The van der Waals surface area contributed by atoms with E-state index in [0.29, 0.717) is 11.6 Å². The molecule has 19 heavy (non-hydrogen) atoms. The predicted octanol–water partition coefficient (Wildman–Crippen LogP) is 1.17. The molecule has 112 valence electrons. The van der Waals surface area contributed by atoms with Gasteiger partial charge in [-0.15, -0.1) is 0 Å². The van der Waals surface area contributed by atoms with Crippen LogP contribution in [-0.4, -0.2) is 74.9 Å². The number of piperazine rings is 1. The van der Waals surface area contributed by atoms with Gasteiger partial charge in [0.15, 0.2) is 0 Å². The topological polar surface area (TPSA) is 27.7 Å². The summed E-state index contributed by atoms with van der Waals surface area (Å²) < 4.78 is 5.74. The highest BCUT2D eigenvalue weighted by Gasteiger charge is 2.39. The van der Waals surface area contributed by atoms with Crippen LogP contribution in [-0.2, 0) is 4.74 Å². The molecule has 0 radical (unpaired) electrons. The van der Waals surface area contributed by atoms with Gasteiger partial charge in [0.25, 0.3) is 0 Å². The lowest BCUT2D eigenvalue weighted by molar-refractivity contribution is 0.0437. The third kappa shape index (κ3) is 4.42. The summed E-state index contributed by atoms with van der Waals surface area (Å²) in [6.07, 6.45) is 5.51. The van der Waals surface area contributed by atoms with Crippen LogP contribution < -0.4 is 5.32 Å². The fourth-order valence-electron chi connectivity index (χ4n) is 3.31. The van der Waals surface area contributed by atoms with Crippen molar-refractivity contribution in [2.24, 2.45) is 0 Å². The smallest absolute Gasteiger partial charge is 0.0594 e. The maximum absolute atomic E-state index is 5.74. The Labute approximate surface area is 118 Å². The Hall–Kier alpha value is -0.160. The first kappa shape index (κ1) is 15.2. The lowest BCUT2D eigenvalue weighted by Gasteiger charge is -2.45. The number of hydrogen-bond acceptors (Lipinski definition) is 4. The molecule has 1 aliphatic carbocycles. The summed E-state index contributed by atoms with van der Waals surface area (Å²) >= 11 is 0. The first-order chi connectivity index (χ1) is 9.11. The zero-order valence-corrected chi connectivity index (χ0v) is 13.0. The van der Waals surface area contributed by atoms with Gasteiger partial charge in [0.2, 0.25) is 0 Å². The minimum atomic E-state index is 0.427. The largest absolute Gasteiger partial charge is 0.379 e. The molecule has 1 unspecified atom stereocenters. The van der Waals surface area contributed by atoms with Gasteiger partial charge in [-0.2, -0.15) is 0 Å². The Balaban J connectivity index is 1.69. The monoisotopic (exact) mass is 269 g/mol. The van der Waals surface area contributed by atoms with Crippen molar-refractivity contribution in [3.8, 4) is 0 Å². The molecule has 1 saturated heterocycles. The third-order valence-electron chi connectivity index (χ3n) is 4.67. The van der Waals surface area contributed by atoms with E-state index >= 15 is 0 Å². The summed E-state index contributed by atoms with van der Waals surface area (Å²) in [4.78, 5) is 4.79. The van der Waals surface area contributed by atoms with Gasteiger partial charge in [-0.3, -0.25) is 4.90 Å². The molecule has 1 spiro atoms. The lowest BCUT2D eigenvalue weighted by atomic mass is 9.92. The average Bonchev–Trinajstić information content (AvgIpc) is 2.81. The van der Waals surface area contributed by atoms with E-state index in [-0.39, 0.29) is 0 Å². The van der Waals surface area contributed by atoms with Gasteiger partial charge in [-0.1, -0.05) is 12.8 Å². The second-order valence-electron chi connectivity index (χ2n) is 6.60. The molecule has 0 aromatic carbocycles. The minimum absolute atomic E-state index is 0.427. The molecule has 0 amide bonds. The number of nitrogens with one attached hydrogen (secondary N) is 1. The van der Waals surface area contributed by atoms with E-state index in [1.807, 2.05) is 0 Å². The van der Waals surface area contributed by atoms with E-state index < -0.39 is 0 Å². The van der Waals surface area contributed by atoms with Crippen molar-refractivity contribution < 1.29 is 4.74 Å². The molecular weight excluding hydrogens is 238 g/mol. The van der Waals surface area contributed by atoms with Crippen molar-refractivity contribution in [3.63, 3.8) is 0 Å². The minimum Gasteiger partial charge on any atom is -0.379 e. The van der Waals surface area contributed by atoms with Crippen LogP contribution in [0, 0.1) is 0 Å². The van der Waals surface area contributed by atoms with Crippen molar-refractivity contribution in [3.05, 3.63) is 0 Å². The zero-order valence-electron chi connectivity index (χ0n) is 13.0. The van der Waals surface area contributed by atoms with Crippen LogP contribution in [0.2, 0.25) is 0 Å². The van der Waals surface area contributed by atoms with Gasteiger partial charge < -0.3 is 15.0 Å². The van der Waals surface area contributed by atoms with Gasteiger partial charge in [0.05, 0.1) is 13.2 Å². The van der Waals surface area contributed by atoms with Gasteiger partial charge in [-0.05, 0) is 33.9 Å². The van der Waals surface area contributed by atoms with Crippen molar-refractivity contribution in [2.75, 3.05) is 53.5 Å². The van der Waals surface area contributed by atoms with Gasteiger partial charge in [0.1, 0.15) is 0 Å². The second-order valence-corrected chi connectivity index (χ2v) is 6.60. The molecule has 4 heteroatoms. The summed E-state index contributed by atoms with van der Waals surface area (Å²) in [7, 11) is 4.18. The van der Waals surface area contributed by atoms with Crippen molar-refractivity contribution >= 4 is 0 Å². The molecule has 1 aliphatic heterocycles. The summed E-state index contributed by atoms with van der Waals surface area (Å²) in [6, 6.07) is 0.642. The fourth-order valence-corrected chi connectivity index (χ4v) is 3.31. The number of nitrogens with zero attached hydrogens (tertiary/aromatic N) is 2. The third-order valence-corrected chi connectivity index (χ3v) is 4.67. The van der Waals surface area contributed by atoms with Gasteiger partial charge >= 0.3 is 0 Å². The standard InChI is InChI=1S/C15H31N3O/c1-14-12-16-15(6-4-5-7-15)13-18(14)9-11-19-10-8-17(2)3/h14,16H,4-13H2,1-3H3. The van der Waals surface area contributed by atoms with Crippen LogP contribution in [0.1, 0.15) is 32.6 Å². The van der Waals surface area contributed by atoms with Crippen LogP contribution in [0.25, 0.3) is 0 Å². The van der Waals surface area contributed by atoms with E-state index in [1.54, 1.807) is 0 Å². The predicted molar refractivity (Wildman–Crippen MR) is 79.6 cm³/mol. The van der Waals surface area contributed by atoms with E-state index in [2.05, 4.69) is 36.1 Å². The molecule has 0 aromatic heterocycles. The number of hydrogen-bond donors (Lipinski definition) is 1. The van der Waals surface area contributed by atoms with Crippen molar-refractivity contribution in [1.82, 2.24) is 15.1 Å². The van der Waals surface area contributed by atoms with E-state index in [1.165, 1.54) is 32.2 Å². The Morgan fingerprint density at radius 1 is 1.26 bits per heavy atom. The molecule has 1 heterocycles. The summed E-state index contributed by atoms with van der Waals surface area (Å²) in [5, 5.41) is 3.80. The second kappa shape index (κ2) is 7.02. The normalized spacial score (nSPS) is 27.5. The Morgan fingerprint density at radius 2 is 2.00 bits per heavy atom. The molecule has 0 bridgehead atoms. The highest BCUT2D eigenvalue weighted by atomic mass is 16.5. The maximum atomic E-state index is 5.74. The Morgan fingerprint density at radius 3 is 2.68 bits per heavy atom. The number of ether oxygens (including phenoxy) is 1. The van der Waals surface area contributed by atoms with Crippen molar-refractivity contribution in [1.29, 1.82) is 0 Å². The van der Waals surface area contributed by atoms with E-state index in [0.717, 1.165) is 32.8 Å². The highest BCUT2D eigenvalue weighted by molar-refractivity contribution is 5.00. The molecular formula is C15H31N3O. The Kier molecular flexibility index (Phi) is 5.63. The molecule has 4 nitrogen and oxygen atoms in total. The molecule has 2 aliphatic rings. The summed E-state index contributed by atoms with van der Waals surface area (Å²) in [5.41, 5.74) is 0.427. The molecule has 2 rings (SSSR count). The van der Waals surface area contributed by atoms with E-state index in [4.69, 9.17) is 4.74 Å². The van der Waals surface area contributed by atoms with Crippen LogP contribution >= 0.6 is 0 Å². The molecule has 0 aromatic rings. The molecule has 1 saturated carbocycles. The number of rotatable bonds is 6. The summed E-state index contributed by atoms with van der Waals surface area (Å²) in [6.45, 7) is 8.49. The highest BCUT2D eigenvalue weighted by Crippen LogP contribution is 2.32. The first-order valence-electron chi connectivity index (χ1n) is 7.83. The van der Waals surface area contributed by atoms with Crippen LogP contribution in [0.4, 0.5) is 0 Å². The first-order valence-corrected chi connectivity index (χ1v) is 7.83. The van der Waals surface area contributed by atoms with Crippen molar-refractivity contribution in [2.45, 2.75) is 44.2 Å². The lowest BCUT2D eigenvalue weighted by Crippen LogP contribution is -2.62. The molecule has 1 atom stereocenters.